The van der Waals surface area contributed by atoms with Crippen LogP contribution in [0.3, 0.4) is 0 Å². The summed E-state index contributed by atoms with van der Waals surface area (Å²) in [6.45, 7) is 4.87. The highest BCUT2D eigenvalue weighted by Gasteiger charge is 2.28. The Morgan fingerprint density at radius 2 is 2.16 bits per heavy atom. The van der Waals surface area contributed by atoms with Crippen LogP contribution in [0, 0.1) is 5.92 Å². The molecule has 1 aliphatic carbocycles. The number of aliphatic hydroxyl groups is 1. The van der Waals surface area contributed by atoms with Gasteiger partial charge in [0.1, 0.15) is 0 Å². The minimum absolute atomic E-state index is 0.0867. The number of rotatable bonds is 6. The summed E-state index contributed by atoms with van der Waals surface area (Å²) in [5, 5.41) is 13.4. The van der Waals surface area contributed by atoms with Gasteiger partial charge in [-0.25, -0.2) is 0 Å². The summed E-state index contributed by atoms with van der Waals surface area (Å²) in [5.74, 6) is 0.595. The van der Waals surface area contributed by atoms with Gasteiger partial charge in [-0.2, -0.15) is 0 Å². The van der Waals surface area contributed by atoms with Crippen molar-refractivity contribution < 1.29 is 5.11 Å². The first kappa shape index (κ1) is 14.6. The van der Waals surface area contributed by atoms with Gasteiger partial charge >= 0.3 is 0 Å². The molecule has 1 aliphatic rings. The third-order valence-electron chi connectivity index (χ3n) is 3.75. The number of aliphatic hydroxyl groups excluding tert-OH is 1. The lowest BCUT2D eigenvalue weighted by atomic mass is 9.82. The van der Waals surface area contributed by atoms with Crippen LogP contribution in [-0.4, -0.2) is 31.3 Å². The van der Waals surface area contributed by atoms with E-state index in [1.54, 1.807) is 0 Å². The molecule has 0 saturated heterocycles. The first-order valence-corrected chi connectivity index (χ1v) is 7.36. The van der Waals surface area contributed by atoms with Crippen LogP contribution >= 0.6 is 11.6 Å². The van der Waals surface area contributed by atoms with E-state index in [2.05, 4.69) is 36.3 Å². The summed E-state index contributed by atoms with van der Waals surface area (Å²) in [6.07, 6.45) is 1.75. The van der Waals surface area contributed by atoms with E-state index in [1.807, 2.05) is 6.07 Å². The normalized spacial score (nSPS) is 22.1. The molecule has 1 aromatic carbocycles. The molecule has 0 radical (unpaired) electrons. The van der Waals surface area contributed by atoms with Crippen molar-refractivity contribution >= 4 is 17.3 Å². The molecule has 0 spiro atoms. The fourth-order valence-corrected chi connectivity index (χ4v) is 2.92. The lowest BCUT2D eigenvalue weighted by Crippen LogP contribution is -2.37. The van der Waals surface area contributed by atoms with Crippen LogP contribution in [0.25, 0.3) is 0 Å². The highest BCUT2D eigenvalue weighted by atomic mass is 35.5. The van der Waals surface area contributed by atoms with E-state index in [-0.39, 0.29) is 6.10 Å². The summed E-state index contributed by atoms with van der Waals surface area (Å²) < 4.78 is 0. The molecule has 3 nitrogen and oxygen atoms in total. The van der Waals surface area contributed by atoms with Crippen LogP contribution in [0.15, 0.2) is 18.2 Å². The maximum Gasteiger partial charge on any atom is 0.0642 e. The third kappa shape index (κ3) is 3.85. The molecule has 4 heteroatoms. The molecule has 0 unspecified atom stereocenters. The van der Waals surface area contributed by atoms with Gasteiger partial charge in [-0.05, 0) is 43.0 Å². The van der Waals surface area contributed by atoms with Gasteiger partial charge in [-0.3, -0.25) is 0 Å². The van der Waals surface area contributed by atoms with Crippen molar-refractivity contribution in [1.82, 2.24) is 5.32 Å². The smallest absolute Gasteiger partial charge is 0.0642 e. The van der Waals surface area contributed by atoms with Crippen molar-refractivity contribution in [3.05, 3.63) is 28.8 Å². The third-order valence-corrected chi connectivity index (χ3v) is 4.05. The van der Waals surface area contributed by atoms with Crippen LogP contribution in [0.5, 0.6) is 0 Å². The van der Waals surface area contributed by atoms with Crippen molar-refractivity contribution in [3.8, 4) is 0 Å². The van der Waals surface area contributed by atoms with Crippen molar-refractivity contribution in [3.63, 3.8) is 0 Å². The molecule has 19 heavy (non-hydrogen) atoms. The molecule has 0 heterocycles. The predicted octanol–water partition coefficient (Wildman–Crippen LogP) is 2.66. The first-order valence-electron chi connectivity index (χ1n) is 6.98. The average molecular weight is 283 g/mol. The Morgan fingerprint density at radius 3 is 2.74 bits per heavy atom. The Morgan fingerprint density at radius 1 is 1.42 bits per heavy atom. The molecule has 1 saturated carbocycles. The predicted molar refractivity (Wildman–Crippen MR) is 80.8 cm³/mol. The molecule has 0 atom stereocenters. The SMILES string of the molecule is CCNCc1ccc(N(C)CC2CC(O)C2)c(Cl)c1. The molecule has 2 N–H and O–H groups in total. The second-order valence-electron chi connectivity index (χ2n) is 5.44. The summed E-state index contributed by atoms with van der Waals surface area (Å²) in [4.78, 5) is 2.19. The maximum atomic E-state index is 9.32. The van der Waals surface area contributed by atoms with E-state index in [1.165, 1.54) is 5.56 Å². The fourth-order valence-electron chi connectivity index (χ4n) is 2.57. The maximum absolute atomic E-state index is 9.32. The van der Waals surface area contributed by atoms with Gasteiger partial charge in [0, 0.05) is 20.1 Å². The minimum Gasteiger partial charge on any atom is -0.393 e. The van der Waals surface area contributed by atoms with Crippen LogP contribution in [-0.2, 0) is 6.54 Å². The van der Waals surface area contributed by atoms with Gasteiger partial charge in [0.25, 0.3) is 0 Å². The van der Waals surface area contributed by atoms with Gasteiger partial charge in [-0.15, -0.1) is 0 Å². The number of nitrogens with zero attached hydrogens (tertiary/aromatic N) is 1. The number of benzene rings is 1. The van der Waals surface area contributed by atoms with E-state index < -0.39 is 0 Å². The van der Waals surface area contributed by atoms with E-state index in [9.17, 15) is 5.11 Å². The first-order chi connectivity index (χ1) is 9.10. The Labute approximate surface area is 120 Å². The van der Waals surface area contributed by atoms with E-state index in [0.29, 0.717) is 5.92 Å². The molecule has 106 valence electrons. The number of halogens is 1. The van der Waals surface area contributed by atoms with E-state index >= 15 is 0 Å². The largest absolute Gasteiger partial charge is 0.393 e. The Kier molecular flexibility index (Phi) is 5.08. The lowest BCUT2D eigenvalue weighted by molar-refractivity contribution is 0.0465. The topological polar surface area (TPSA) is 35.5 Å². The van der Waals surface area contributed by atoms with Gasteiger partial charge < -0.3 is 15.3 Å². The van der Waals surface area contributed by atoms with Gasteiger partial charge in [0.05, 0.1) is 16.8 Å². The van der Waals surface area contributed by atoms with E-state index in [4.69, 9.17) is 11.6 Å². The van der Waals surface area contributed by atoms with Gasteiger partial charge in [0.15, 0.2) is 0 Å². The molecule has 1 fully saturated rings. The highest BCUT2D eigenvalue weighted by molar-refractivity contribution is 6.33. The summed E-state index contributed by atoms with van der Waals surface area (Å²) in [6, 6.07) is 6.24. The van der Waals surface area contributed by atoms with Crippen LogP contribution in [0.2, 0.25) is 5.02 Å². The average Bonchev–Trinajstić information content (AvgIpc) is 2.34. The van der Waals surface area contributed by atoms with Crippen molar-refractivity contribution in [2.24, 2.45) is 5.92 Å². The molecule has 1 aromatic rings. The number of hydrogen-bond donors (Lipinski definition) is 2. The summed E-state index contributed by atoms with van der Waals surface area (Å²) >= 11 is 6.36. The fraction of sp³-hybridized carbons (Fsp3) is 0.600. The Hall–Kier alpha value is -0.770. The molecule has 2 rings (SSSR count). The molecular formula is C15H23ClN2O. The quantitative estimate of drug-likeness (QED) is 0.842. The Balaban J connectivity index is 1.95. The zero-order chi connectivity index (χ0) is 13.8. The molecule has 0 aliphatic heterocycles. The number of anilines is 1. The zero-order valence-corrected chi connectivity index (χ0v) is 12.5. The Bertz CT molecular complexity index is 419. The molecule has 0 aromatic heterocycles. The highest BCUT2D eigenvalue weighted by Crippen LogP contribution is 2.31. The van der Waals surface area contributed by atoms with Crippen molar-refractivity contribution in [2.45, 2.75) is 32.4 Å². The number of hydrogen-bond acceptors (Lipinski definition) is 3. The lowest BCUT2D eigenvalue weighted by Gasteiger charge is -2.35. The van der Waals surface area contributed by atoms with Gasteiger partial charge in [0.2, 0.25) is 0 Å². The van der Waals surface area contributed by atoms with Crippen molar-refractivity contribution in [2.75, 3.05) is 25.0 Å². The monoisotopic (exact) mass is 282 g/mol. The van der Waals surface area contributed by atoms with Crippen molar-refractivity contribution in [1.29, 1.82) is 0 Å². The van der Waals surface area contributed by atoms with Crippen LogP contribution < -0.4 is 10.2 Å². The second kappa shape index (κ2) is 6.60. The molecule has 0 amide bonds. The van der Waals surface area contributed by atoms with Gasteiger partial charge in [-0.1, -0.05) is 24.6 Å². The molecular weight excluding hydrogens is 260 g/mol. The number of nitrogens with one attached hydrogen (secondary N) is 1. The minimum atomic E-state index is -0.0867. The zero-order valence-electron chi connectivity index (χ0n) is 11.7. The molecule has 0 bridgehead atoms. The van der Waals surface area contributed by atoms with E-state index in [0.717, 1.165) is 43.2 Å². The summed E-state index contributed by atoms with van der Waals surface area (Å²) in [5.41, 5.74) is 2.28. The standard InChI is InChI=1S/C15H23ClN2O/c1-3-17-9-11-4-5-15(14(16)8-11)18(2)10-12-6-13(19)7-12/h4-5,8,12-13,17,19H,3,6-7,9-10H2,1-2H3. The second-order valence-corrected chi connectivity index (χ2v) is 5.85. The van der Waals surface area contributed by atoms with Crippen LogP contribution in [0.1, 0.15) is 25.3 Å². The summed E-state index contributed by atoms with van der Waals surface area (Å²) in [7, 11) is 2.07. The van der Waals surface area contributed by atoms with Crippen LogP contribution in [0.4, 0.5) is 5.69 Å².